The number of imide groups is 1. The lowest BCUT2D eigenvalue weighted by Crippen LogP contribution is -2.36. The zero-order chi connectivity index (χ0) is 25.7. The van der Waals surface area contributed by atoms with Gasteiger partial charge in [0.25, 0.3) is 11.1 Å². The van der Waals surface area contributed by atoms with Gasteiger partial charge in [-0.2, -0.15) is 0 Å². The van der Waals surface area contributed by atoms with Crippen LogP contribution in [0.3, 0.4) is 0 Å². The molecule has 7 nitrogen and oxygen atoms in total. The first-order chi connectivity index (χ1) is 17.3. The van der Waals surface area contributed by atoms with Gasteiger partial charge in [0.1, 0.15) is 19.0 Å². The van der Waals surface area contributed by atoms with Gasteiger partial charge in [-0.05, 0) is 66.2 Å². The fourth-order valence-electron chi connectivity index (χ4n) is 3.55. The lowest BCUT2D eigenvalue weighted by molar-refractivity contribution is -0.127. The minimum Gasteiger partial charge on any atom is -0.493 e. The summed E-state index contributed by atoms with van der Waals surface area (Å²) >= 11 is 0.740. The number of anilines is 1. The second-order valence-corrected chi connectivity index (χ2v) is 9.01. The van der Waals surface area contributed by atoms with Gasteiger partial charge in [0.05, 0.1) is 12.0 Å². The quantitative estimate of drug-likeness (QED) is 0.412. The third kappa shape index (κ3) is 6.11. The highest BCUT2D eigenvalue weighted by Gasteiger charge is 2.36. The molecule has 3 amide bonds. The van der Waals surface area contributed by atoms with Gasteiger partial charge >= 0.3 is 0 Å². The van der Waals surface area contributed by atoms with E-state index >= 15 is 0 Å². The van der Waals surface area contributed by atoms with Crippen molar-refractivity contribution >= 4 is 40.6 Å². The topological polar surface area (TPSA) is 84.9 Å². The number of rotatable bonds is 8. The van der Waals surface area contributed by atoms with Crippen molar-refractivity contribution in [3.8, 4) is 11.5 Å². The Morgan fingerprint density at radius 2 is 1.86 bits per heavy atom. The Hall–Kier alpha value is -4.11. The standard InChI is InChI=1S/C27H23FN2O5S/c1-17-5-3-6-19(11-17)16-35-22-10-9-18(12-23(22)34-2)13-24-26(32)30(27(33)36-24)15-25(31)29-21-8-4-7-20(28)14-21/h3-14H,15-16H2,1-2H3,(H,29,31)/b24-13+. The number of halogens is 1. The Kier molecular flexibility index (Phi) is 7.70. The van der Waals surface area contributed by atoms with E-state index in [9.17, 15) is 18.8 Å². The van der Waals surface area contributed by atoms with Gasteiger partial charge in [-0.15, -0.1) is 0 Å². The van der Waals surface area contributed by atoms with E-state index in [2.05, 4.69) is 5.32 Å². The summed E-state index contributed by atoms with van der Waals surface area (Å²) in [6, 6.07) is 18.5. The van der Waals surface area contributed by atoms with Gasteiger partial charge in [0.2, 0.25) is 5.91 Å². The molecule has 1 heterocycles. The number of thioether (sulfide) groups is 1. The molecule has 1 aliphatic rings. The lowest BCUT2D eigenvalue weighted by Gasteiger charge is -2.13. The highest BCUT2D eigenvalue weighted by molar-refractivity contribution is 8.18. The summed E-state index contributed by atoms with van der Waals surface area (Å²) in [6.45, 7) is 1.90. The number of hydrogen-bond donors (Lipinski definition) is 1. The Bertz CT molecular complexity index is 1360. The maximum Gasteiger partial charge on any atom is 0.294 e. The first-order valence-electron chi connectivity index (χ1n) is 11.0. The van der Waals surface area contributed by atoms with E-state index in [4.69, 9.17) is 9.47 Å². The predicted molar refractivity (Wildman–Crippen MR) is 136 cm³/mol. The molecule has 1 aliphatic heterocycles. The van der Waals surface area contributed by atoms with Crippen LogP contribution in [0.15, 0.2) is 71.6 Å². The van der Waals surface area contributed by atoms with Crippen LogP contribution in [0.4, 0.5) is 14.9 Å². The second-order valence-electron chi connectivity index (χ2n) is 8.01. The number of nitrogens with zero attached hydrogens (tertiary/aromatic N) is 1. The summed E-state index contributed by atoms with van der Waals surface area (Å²) in [7, 11) is 1.52. The number of aryl methyl sites for hydroxylation is 1. The molecular formula is C27H23FN2O5S. The fourth-order valence-corrected chi connectivity index (χ4v) is 4.39. The van der Waals surface area contributed by atoms with Crippen LogP contribution in [0.25, 0.3) is 6.08 Å². The summed E-state index contributed by atoms with van der Waals surface area (Å²) in [4.78, 5) is 38.5. The molecule has 1 saturated heterocycles. The van der Waals surface area contributed by atoms with Gasteiger partial charge in [0, 0.05) is 5.69 Å². The minimum absolute atomic E-state index is 0.175. The monoisotopic (exact) mass is 506 g/mol. The maximum absolute atomic E-state index is 13.3. The number of benzene rings is 3. The lowest BCUT2D eigenvalue weighted by atomic mass is 10.1. The largest absolute Gasteiger partial charge is 0.493 e. The van der Waals surface area contributed by atoms with Crippen molar-refractivity contribution < 1.29 is 28.2 Å². The van der Waals surface area contributed by atoms with Crippen molar-refractivity contribution in [1.29, 1.82) is 0 Å². The zero-order valence-corrected chi connectivity index (χ0v) is 20.4. The van der Waals surface area contributed by atoms with Crippen molar-refractivity contribution in [2.45, 2.75) is 13.5 Å². The normalized spacial score (nSPS) is 14.3. The molecule has 0 bridgehead atoms. The van der Waals surface area contributed by atoms with E-state index in [0.29, 0.717) is 23.7 Å². The number of ether oxygens (including phenoxy) is 2. The Balaban J connectivity index is 1.43. The highest BCUT2D eigenvalue weighted by Crippen LogP contribution is 2.34. The van der Waals surface area contributed by atoms with Gasteiger partial charge in [-0.3, -0.25) is 19.3 Å². The molecule has 36 heavy (non-hydrogen) atoms. The molecule has 1 fully saturated rings. The molecule has 0 atom stereocenters. The highest BCUT2D eigenvalue weighted by atomic mass is 32.2. The number of hydrogen-bond acceptors (Lipinski definition) is 6. The molecular weight excluding hydrogens is 483 g/mol. The average molecular weight is 507 g/mol. The van der Waals surface area contributed by atoms with Gasteiger partial charge in [-0.1, -0.05) is 42.0 Å². The maximum atomic E-state index is 13.3. The second kappa shape index (κ2) is 11.1. The molecule has 184 valence electrons. The Morgan fingerprint density at radius 3 is 2.61 bits per heavy atom. The molecule has 9 heteroatoms. The van der Waals surface area contributed by atoms with Gasteiger partial charge in [-0.25, -0.2) is 4.39 Å². The SMILES string of the molecule is COc1cc(/C=C2/SC(=O)N(CC(=O)Nc3cccc(F)c3)C2=O)ccc1OCc1cccc(C)c1. The smallest absolute Gasteiger partial charge is 0.294 e. The zero-order valence-electron chi connectivity index (χ0n) is 19.6. The van der Waals surface area contributed by atoms with Crippen LogP contribution in [0, 0.1) is 12.7 Å². The van der Waals surface area contributed by atoms with Crippen molar-refractivity contribution in [2.75, 3.05) is 19.0 Å². The molecule has 3 aromatic carbocycles. The van der Waals surface area contributed by atoms with E-state index in [1.165, 1.54) is 25.3 Å². The number of nitrogens with one attached hydrogen (secondary N) is 1. The molecule has 0 aliphatic carbocycles. The Morgan fingerprint density at radius 1 is 1.06 bits per heavy atom. The van der Waals surface area contributed by atoms with Crippen molar-refractivity contribution in [3.63, 3.8) is 0 Å². The summed E-state index contributed by atoms with van der Waals surface area (Å²) < 4.78 is 24.7. The number of methoxy groups -OCH3 is 1. The predicted octanol–water partition coefficient (Wildman–Crippen LogP) is 5.40. The molecule has 0 unspecified atom stereocenters. The Labute approximate surface area is 211 Å². The summed E-state index contributed by atoms with van der Waals surface area (Å²) in [5.41, 5.74) is 3.03. The van der Waals surface area contributed by atoms with Crippen LogP contribution in [0.2, 0.25) is 0 Å². The minimum atomic E-state index is -0.610. The van der Waals surface area contributed by atoms with E-state index in [0.717, 1.165) is 33.9 Å². The molecule has 1 N–H and O–H groups in total. The fraction of sp³-hybridized carbons (Fsp3) is 0.148. The van der Waals surface area contributed by atoms with Crippen LogP contribution in [0.5, 0.6) is 11.5 Å². The average Bonchev–Trinajstić information content (AvgIpc) is 3.10. The third-order valence-electron chi connectivity index (χ3n) is 5.25. The van der Waals surface area contributed by atoms with Crippen LogP contribution >= 0.6 is 11.8 Å². The van der Waals surface area contributed by atoms with E-state index in [1.807, 2.05) is 31.2 Å². The molecule has 4 rings (SSSR count). The third-order valence-corrected chi connectivity index (χ3v) is 6.15. The van der Waals surface area contributed by atoms with E-state index in [-0.39, 0.29) is 10.6 Å². The van der Waals surface area contributed by atoms with Crippen LogP contribution < -0.4 is 14.8 Å². The molecule has 0 spiro atoms. The first kappa shape index (κ1) is 25.0. The van der Waals surface area contributed by atoms with Crippen molar-refractivity contribution in [1.82, 2.24) is 4.90 Å². The van der Waals surface area contributed by atoms with Crippen LogP contribution in [-0.2, 0) is 16.2 Å². The molecule has 0 aromatic heterocycles. The van der Waals surface area contributed by atoms with E-state index in [1.54, 1.807) is 24.3 Å². The van der Waals surface area contributed by atoms with Crippen molar-refractivity contribution in [2.24, 2.45) is 0 Å². The summed E-state index contributed by atoms with van der Waals surface area (Å²) in [5.74, 6) is -0.689. The first-order valence-corrected chi connectivity index (χ1v) is 11.8. The molecule has 0 saturated carbocycles. The number of carbonyl (C=O) groups is 3. The van der Waals surface area contributed by atoms with Gasteiger partial charge < -0.3 is 14.8 Å². The van der Waals surface area contributed by atoms with E-state index < -0.39 is 29.4 Å². The number of carbonyl (C=O) groups excluding carboxylic acids is 3. The number of amides is 3. The van der Waals surface area contributed by atoms with Crippen LogP contribution in [0.1, 0.15) is 16.7 Å². The van der Waals surface area contributed by atoms with Crippen LogP contribution in [-0.4, -0.2) is 35.6 Å². The molecule has 0 radical (unpaired) electrons. The summed E-state index contributed by atoms with van der Waals surface area (Å²) in [6.07, 6.45) is 1.56. The van der Waals surface area contributed by atoms with Crippen molar-refractivity contribution in [3.05, 3.63) is 94.1 Å². The molecule has 3 aromatic rings. The summed E-state index contributed by atoms with van der Waals surface area (Å²) in [5, 5.41) is 1.91. The van der Waals surface area contributed by atoms with Gasteiger partial charge in [0.15, 0.2) is 11.5 Å².